The van der Waals surface area contributed by atoms with Crippen molar-refractivity contribution in [3.63, 3.8) is 0 Å². The van der Waals surface area contributed by atoms with Gasteiger partial charge in [-0.1, -0.05) is 50.2 Å². The Bertz CT molecular complexity index is 821. The van der Waals surface area contributed by atoms with Crippen molar-refractivity contribution in [2.75, 3.05) is 20.6 Å². The third-order valence-electron chi connectivity index (χ3n) is 4.80. The van der Waals surface area contributed by atoms with Gasteiger partial charge in [-0.3, -0.25) is 9.59 Å². The summed E-state index contributed by atoms with van der Waals surface area (Å²) in [7, 11) is 3.99. The van der Waals surface area contributed by atoms with Crippen LogP contribution in [-0.2, 0) is 4.79 Å². The van der Waals surface area contributed by atoms with Crippen LogP contribution in [0.2, 0.25) is 0 Å². The highest BCUT2D eigenvalue weighted by atomic mass is 19.1. The first-order valence-corrected chi connectivity index (χ1v) is 9.60. The van der Waals surface area contributed by atoms with E-state index in [1.54, 1.807) is 13.8 Å². The number of hydrogen-bond acceptors (Lipinski definition) is 2. The van der Waals surface area contributed by atoms with E-state index in [1.807, 2.05) is 44.4 Å². The van der Waals surface area contributed by atoms with Crippen LogP contribution in [0.15, 0.2) is 48.5 Å². The van der Waals surface area contributed by atoms with Crippen LogP contribution in [0.1, 0.15) is 35.8 Å². The largest absolute Gasteiger partial charge is 0.348 e. The topological polar surface area (TPSA) is 62.6 Å². The number of halogens is 2. The molecule has 7 heteroatoms. The predicted molar refractivity (Wildman–Crippen MR) is 107 cm³/mol. The zero-order chi connectivity index (χ0) is 21.6. The van der Waals surface area contributed by atoms with Crippen LogP contribution in [0.25, 0.3) is 0 Å². The van der Waals surface area contributed by atoms with E-state index in [9.17, 15) is 18.4 Å². The van der Waals surface area contributed by atoms with Gasteiger partial charge < -0.3 is 15.5 Å². The van der Waals surface area contributed by atoms with Gasteiger partial charge in [0.2, 0.25) is 5.91 Å². The number of amides is 2. The van der Waals surface area contributed by atoms with E-state index < -0.39 is 35.1 Å². The molecule has 0 spiro atoms. The molecule has 0 fully saturated rings. The number of carbonyl (C=O) groups excluding carboxylic acids is 2. The van der Waals surface area contributed by atoms with E-state index >= 15 is 0 Å². The zero-order valence-electron chi connectivity index (χ0n) is 17.1. The van der Waals surface area contributed by atoms with Crippen molar-refractivity contribution >= 4 is 11.8 Å². The average Bonchev–Trinajstić information content (AvgIpc) is 2.66. The van der Waals surface area contributed by atoms with E-state index in [1.165, 1.54) is 6.07 Å². The van der Waals surface area contributed by atoms with Gasteiger partial charge in [-0.05, 0) is 18.1 Å². The molecule has 0 radical (unpaired) electrons. The molecular formula is C22H28F2N3O2+. The number of hydrogen-bond donors (Lipinski definition) is 3. The SMILES string of the molecule is CC(C)[C@@H](NC(=O)c1c(F)cccc1F)C(=O)NC[C@@H](c1ccccc1)[NH+](C)C. The Kier molecular flexibility index (Phi) is 7.84. The molecule has 0 saturated heterocycles. The molecule has 2 amide bonds. The molecule has 29 heavy (non-hydrogen) atoms. The maximum absolute atomic E-state index is 13.9. The van der Waals surface area contributed by atoms with Crippen LogP contribution in [0.5, 0.6) is 0 Å². The summed E-state index contributed by atoms with van der Waals surface area (Å²) in [4.78, 5) is 26.3. The van der Waals surface area contributed by atoms with Crippen molar-refractivity contribution in [2.24, 2.45) is 5.92 Å². The van der Waals surface area contributed by atoms with Crippen LogP contribution in [0.3, 0.4) is 0 Å². The van der Waals surface area contributed by atoms with Crippen LogP contribution in [0, 0.1) is 17.6 Å². The Labute approximate surface area is 170 Å². The van der Waals surface area contributed by atoms with Crippen molar-refractivity contribution in [3.05, 3.63) is 71.3 Å². The Morgan fingerprint density at radius 3 is 2.07 bits per heavy atom. The molecule has 2 atom stereocenters. The third kappa shape index (κ3) is 5.84. The molecule has 2 rings (SSSR count). The van der Waals surface area contributed by atoms with Crippen LogP contribution < -0.4 is 15.5 Å². The molecule has 5 nitrogen and oxygen atoms in total. The number of carbonyl (C=O) groups is 2. The summed E-state index contributed by atoms with van der Waals surface area (Å²) < 4.78 is 27.8. The third-order valence-corrected chi connectivity index (χ3v) is 4.80. The molecule has 0 unspecified atom stereocenters. The Balaban J connectivity index is 2.10. The monoisotopic (exact) mass is 404 g/mol. The van der Waals surface area contributed by atoms with Gasteiger partial charge in [0.15, 0.2) is 0 Å². The minimum Gasteiger partial charge on any atom is -0.348 e. The van der Waals surface area contributed by atoms with Crippen molar-refractivity contribution in [1.29, 1.82) is 0 Å². The highest BCUT2D eigenvalue weighted by Crippen LogP contribution is 2.14. The summed E-state index contributed by atoms with van der Waals surface area (Å²) >= 11 is 0. The summed E-state index contributed by atoms with van der Waals surface area (Å²) in [6, 6.07) is 12.1. The highest BCUT2D eigenvalue weighted by molar-refractivity contribution is 5.98. The Morgan fingerprint density at radius 1 is 0.966 bits per heavy atom. The van der Waals surface area contributed by atoms with Gasteiger partial charge in [-0.2, -0.15) is 0 Å². The minimum absolute atomic E-state index is 0.0210. The van der Waals surface area contributed by atoms with Crippen LogP contribution in [0.4, 0.5) is 8.78 Å². The van der Waals surface area contributed by atoms with Gasteiger partial charge in [0, 0.05) is 5.56 Å². The van der Waals surface area contributed by atoms with Crippen LogP contribution >= 0.6 is 0 Å². The number of quaternary nitrogens is 1. The first kappa shape index (κ1) is 22.5. The summed E-state index contributed by atoms with van der Waals surface area (Å²) in [6.07, 6.45) is 0. The Morgan fingerprint density at radius 2 is 1.55 bits per heavy atom. The summed E-state index contributed by atoms with van der Waals surface area (Å²) in [5, 5.41) is 5.34. The molecule has 0 aliphatic rings. The lowest BCUT2D eigenvalue weighted by atomic mass is 10.0. The van der Waals surface area contributed by atoms with Gasteiger partial charge in [0.1, 0.15) is 29.3 Å². The molecule has 3 N–H and O–H groups in total. The number of likely N-dealkylation sites (N-methyl/N-ethyl adjacent to an activating group) is 1. The first-order valence-electron chi connectivity index (χ1n) is 9.60. The summed E-state index contributed by atoms with van der Waals surface area (Å²) in [5.41, 5.74) is 0.386. The fourth-order valence-corrected chi connectivity index (χ4v) is 3.12. The van der Waals surface area contributed by atoms with Crippen molar-refractivity contribution in [2.45, 2.75) is 25.9 Å². The van der Waals surface area contributed by atoms with E-state index in [4.69, 9.17) is 0 Å². The van der Waals surface area contributed by atoms with Gasteiger partial charge in [-0.15, -0.1) is 0 Å². The second-order valence-corrected chi connectivity index (χ2v) is 7.58. The Hall–Kier alpha value is -2.80. The van der Waals surface area contributed by atoms with Gasteiger partial charge >= 0.3 is 0 Å². The highest BCUT2D eigenvalue weighted by Gasteiger charge is 2.28. The minimum atomic E-state index is -0.967. The maximum Gasteiger partial charge on any atom is 0.257 e. The smallest absolute Gasteiger partial charge is 0.257 e. The molecule has 0 heterocycles. The van der Waals surface area contributed by atoms with E-state index in [0.717, 1.165) is 22.6 Å². The second-order valence-electron chi connectivity index (χ2n) is 7.58. The van der Waals surface area contributed by atoms with Crippen molar-refractivity contribution < 1.29 is 23.3 Å². The van der Waals surface area contributed by atoms with Crippen molar-refractivity contribution in [3.8, 4) is 0 Å². The summed E-state index contributed by atoms with van der Waals surface area (Å²) in [5.74, 6) is -3.55. The number of rotatable bonds is 8. The normalized spacial score (nSPS) is 13.2. The van der Waals surface area contributed by atoms with E-state index in [0.29, 0.717) is 6.54 Å². The van der Waals surface area contributed by atoms with Gasteiger partial charge in [-0.25, -0.2) is 8.78 Å². The summed E-state index contributed by atoms with van der Waals surface area (Å²) in [6.45, 7) is 3.88. The van der Waals surface area contributed by atoms with Crippen LogP contribution in [-0.4, -0.2) is 38.5 Å². The second kappa shape index (κ2) is 10.1. The van der Waals surface area contributed by atoms with E-state index in [-0.39, 0.29) is 12.0 Å². The quantitative estimate of drug-likeness (QED) is 0.628. The standard InChI is InChI=1S/C22H27F2N3O2/c1-14(2)20(26-21(28)19-16(23)11-8-12-17(19)24)22(29)25-13-18(27(3)4)15-9-6-5-7-10-15/h5-12,14,18,20H,13H2,1-4H3,(H,25,29)(H,26,28)/p+1/t18-,20+/m0/s1. The van der Waals surface area contributed by atoms with E-state index in [2.05, 4.69) is 10.6 Å². The number of nitrogens with one attached hydrogen (secondary N) is 3. The first-order chi connectivity index (χ1) is 13.7. The average molecular weight is 404 g/mol. The molecule has 0 aliphatic carbocycles. The van der Waals surface area contributed by atoms with Gasteiger partial charge in [0.25, 0.3) is 5.91 Å². The molecule has 2 aromatic carbocycles. The molecule has 0 saturated carbocycles. The van der Waals surface area contributed by atoms with Gasteiger partial charge in [0.05, 0.1) is 20.6 Å². The molecular weight excluding hydrogens is 376 g/mol. The molecule has 2 aromatic rings. The lowest BCUT2D eigenvalue weighted by molar-refractivity contribution is -0.890. The molecule has 0 aromatic heterocycles. The fraction of sp³-hybridized carbons (Fsp3) is 0.364. The predicted octanol–water partition coefficient (Wildman–Crippen LogP) is 1.72. The maximum atomic E-state index is 13.9. The number of benzene rings is 2. The molecule has 0 bridgehead atoms. The van der Waals surface area contributed by atoms with Crippen molar-refractivity contribution in [1.82, 2.24) is 10.6 Å². The zero-order valence-corrected chi connectivity index (χ0v) is 17.1. The fourth-order valence-electron chi connectivity index (χ4n) is 3.12. The molecule has 156 valence electrons. The lowest BCUT2D eigenvalue weighted by Crippen LogP contribution is -3.07. The lowest BCUT2D eigenvalue weighted by Gasteiger charge is -2.25. The molecule has 0 aliphatic heterocycles.